The van der Waals surface area contributed by atoms with E-state index >= 15 is 0 Å². The number of likely N-dealkylation sites (N-methyl/N-ethyl adjacent to an activating group) is 1. The Kier molecular flexibility index (Phi) is 5.67. The van der Waals surface area contributed by atoms with Gasteiger partial charge in [-0.05, 0) is 31.3 Å². The lowest BCUT2D eigenvalue weighted by Gasteiger charge is -2.35. The number of aromatic nitrogens is 2. The lowest BCUT2D eigenvalue weighted by Crippen LogP contribution is -2.44. The fraction of sp³-hybridized carbons (Fsp3) is 0.318. The van der Waals surface area contributed by atoms with Gasteiger partial charge in [-0.2, -0.15) is 0 Å². The van der Waals surface area contributed by atoms with Crippen molar-refractivity contribution in [1.29, 1.82) is 0 Å². The van der Waals surface area contributed by atoms with Crippen LogP contribution in [-0.4, -0.2) is 53.8 Å². The lowest BCUT2D eigenvalue weighted by atomic mass is 10.2. The second-order valence-corrected chi connectivity index (χ2v) is 7.55. The topological polar surface area (TPSA) is 90.4 Å². The van der Waals surface area contributed by atoms with Gasteiger partial charge in [0.05, 0.1) is 28.7 Å². The average Bonchev–Trinajstić information content (AvgIpc) is 2.76. The van der Waals surface area contributed by atoms with Crippen molar-refractivity contribution in [1.82, 2.24) is 14.7 Å². The van der Waals surface area contributed by atoms with Crippen LogP contribution in [0.5, 0.6) is 0 Å². The molecule has 8 nitrogen and oxygen atoms in total. The number of aryl methyl sites for hydroxylation is 1. The molecule has 0 aliphatic carbocycles. The minimum absolute atomic E-state index is 0.0747. The number of fused-ring (bicyclic) bond motifs is 1. The second kappa shape index (κ2) is 8.54. The number of nitrogens with one attached hydrogen (secondary N) is 2. The van der Waals surface area contributed by atoms with Crippen LogP contribution in [-0.2, 0) is 11.3 Å². The Morgan fingerprint density at radius 3 is 2.40 bits per heavy atom. The average molecular weight is 407 g/mol. The number of hydrogen-bond acceptors (Lipinski definition) is 5. The summed E-state index contributed by atoms with van der Waals surface area (Å²) in [5, 5.41) is 6.22. The minimum atomic E-state index is -0.342. The molecule has 0 spiro atoms. The van der Waals surface area contributed by atoms with Crippen LogP contribution >= 0.6 is 0 Å². The van der Waals surface area contributed by atoms with Gasteiger partial charge in [0, 0.05) is 32.6 Å². The molecule has 30 heavy (non-hydrogen) atoms. The van der Waals surface area contributed by atoms with Gasteiger partial charge < -0.3 is 15.1 Å². The Balaban J connectivity index is 1.47. The van der Waals surface area contributed by atoms with Gasteiger partial charge in [0.2, 0.25) is 5.91 Å². The second-order valence-electron chi connectivity index (χ2n) is 7.55. The molecule has 2 heterocycles. The fourth-order valence-corrected chi connectivity index (χ4v) is 3.73. The summed E-state index contributed by atoms with van der Waals surface area (Å²) in [5.41, 5.74) is 1.10. The van der Waals surface area contributed by atoms with Gasteiger partial charge in [0.25, 0.3) is 11.1 Å². The molecule has 1 aromatic heterocycles. The number of anilines is 2. The number of amides is 1. The van der Waals surface area contributed by atoms with Crippen molar-refractivity contribution in [2.75, 3.05) is 43.4 Å². The molecule has 0 bridgehead atoms. The lowest BCUT2D eigenvalue weighted by molar-refractivity contribution is -0.116. The van der Waals surface area contributed by atoms with Crippen LogP contribution in [0.2, 0.25) is 0 Å². The molecular formula is C22H25N5O3. The summed E-state index contributed by atoms with van der Waals surface area (Å²) in [4.78, 5) is 41.9. The maximum atomic E-state index is 12.6. The smallest absolute Gasteiger partial charge is 0.273 e. The van der Waals surface area contributed by atoms with Crippen molar-refractivity contribution < 1.29 is 4.79 Å². The van der Waals surface area contributed by atoms with E-state index in [2.05, 4.69) is 27.3 Å². The number of carbonyl (C=O) groups is 1. The van der Waals surface area contributed by atoms with Crippen molar-refractivity contribution in [3.8, 4) is 0 Å². The van der Waals surface area contributed by atoms with Crippen LogP contribution in [0.1, 0.15) is 6.42 Å². The summed E-state index contributed by atoms with van der Waals surface area (Å²) in [7, 11) is 2.10. The third-order valence-corrected chi connectivity index (χ3v) is 5.47. The van der Waals surface area contributed by atoms with E-state index in [1.165, 1.54) is 4.68 Å². The highest BCUT2D eigenvalue weighted by atomic mass is 16.2. The maximum absolute atomic E-state index is 12.6. The first-order chi connectivity index (χ1) is 14.5. The van der Waals surface area contributed by atoms with Crippen LogP contribution in [0, 0.1) is 0 Å². The van der Waals surface area contributed by atoms with Crippen LogP contribution in [0.25, 0.3) is 10.8 Å². The van der Waals surface area contributed by atoms with E-state index < -0.39 is 0 Å². The van der Waals surface area contributed by atoms with Crippen molar-refractivity contribution in [2.45, 2.75) is 13.0 Å². The SMILES string of the molecule is CN1CCN(c2ccccc2NC(=O)CCn2[nH]c(=O)c3ccccc3c2=O)CC1. The summed E-state index contributed by atoms with van der Waals surface area (Å²) in [6.07, 6.45) is 0.0747. The summed E-state index contributed by atoms with van der Waals surface area (Å²) in [6.45, 7) is 3.84. The molecule has 0 unspecified atom stereocenters. The van der Waals surface area contributed by atoms with E-state index in [-0.39, 0.29) is 30.0 Å². The van der Waals surface area contributed by atoms with E-state index in [1.807, 2.05) is 24.3 Å². The monoisotopic (exact) mass is 407 g/mol. The number of benzene rings is 2. The molecule has 0 saturated carbocycles. The van der Waals surface area contributed by atoms with Crippen molar-refractivity contribution in [3.63, 3.8) is 0 Å². The first-order valence-electron chi connectivity index (χ1n) is 10.1. The third kappa shape index (κ3) is 4.13. The highest BCUT2D eigenvalue weighted by molar-refractivity contribution is 5.94. The van der Waals surface area contributed by atoms with Crippen molar-refractivity contribution in [3.05, 3.63) is 69.2 Å². The number of hydrogen-bond donors (Lipinski definition) is 2. The number of nitrogens with zero attached hydrogens (tertiary/aromatic N) is 3. The number of carbonyl (C=O) groups excluding carboxylic acids is 1. The van der Waals surface area contributed by atoms with Crippen LogP contribution < -0.4 is 21.3 Å². The summed E-state index contributed by atoms with van der Waals surface area (Å²) < 4.78 is 1.20. The number of rotatable bonds is 5. The summed E-state index contributed by atoms with van der Waals surface area (Å²) >= 11 is 0. The summed E-state index contributed by atoms with van der Waals surface area (Å²) in [5.74, 6) is -0.211. The zero-order chi connectivity index (χ0) is 21.1. The predicted molar refractivity (Wildman–Crippen MR) is 118 cm³/mol. The molecular weight excluding hydrogens is 382 g/mol. The molecule has 1 aliphatic heterocycles. The molecule has 3 aromatic rings. The zero-order valence-electron chi connectivity index (χ0n) is 16.9. The molecule has 156 valence electrons. The van der Waals surface area contributed by atoms with Gasteiger partial charge in [-0.1, -0.05) is 24.3 Å². The largest absolute Gasteiger partial charge is 0.367 e. The van der Waals surface area contributed by atoms with Crippen LogP contribution in [0.3, 0.4) is 0 Å². The first-order valence-corrected chi connectivity index (χ1v) is 10.1. The van der Waals surface area contributed by atoms with E-state index in [0.717, 1.165) is 37.6 Å². The molecule has 1 aliphatic rings. The Hall–Kier alpha value is -3.39. The van der Waals surface area contributed by atoms with E-state index in [1.54, 1.807) is 24.3 Å². The van der Waals surface area contributed by atoms with Gasteiger partial charge >= 0.3 is 0 Å². The zero-order valence-corrected chi connectivity index (χ0v) is 16.9. The first kappa shape index (κ1) is 19.9. The van der Waals surface area contributed by atoms with Crippen molar-refractivity contribution in [2.24, 2.45) is 0 Å². The molecule has 2 N–H and O–H groups in total. The van der Waals surface area contributed by atoms with Gasteiger partial charge in [-0.15, -0.1) is 0 Å². The molecule has 1 amide bonds. The Morgan fingerprint density at radius 1 is 0.967 bits per heavy atom. The predicted octanol–water partition coefficient (Wildman–Crippen LogP) is 1.47. The molecule has 1 fully saturated rings. The molecule has 1 saturated heterocycles. The van der Waals surface area contributed by atoms with E-state index in [4.69, 9.17) is 0 Å². The molecule has 8 heteroatoms. The van der Waals surface area contributed by atoms with Gasteiger partial charge in [-0.25, -0.2) is 4.68 Å². The molecule has 0 radical (unpaired) electrons. The van der Waals surface area contributed by atoms with E-state index in [0.29, 0.717) is 10.8 Å². The van der Waals surface area contributed by atoms with Crippen LogP contribution in [0.15, 0.2) is 58.1 Å². The van der Waals surface area contributed by atoms with Gasteiger partial charge in [-0.3, -0.25) is 19.5 Å². The molecule has 2 aromatic carbocycles. The maximum Gasteiger partial charge on any atom is 0.273 e. The van der Waals surface area contributed by atoms with Gasteiger partial charge in [0.1, 0.15) is 0 Å². The highest BCUT2D eigenvalue weighted by Crippen LogP contribution is 2.26. The molecule has 4 rings (SSSR count). The van der Waals surface area contributed by atoms with Crippen molar-refractivity contribution >= 4 is 28.1 Å². The fourth-order valence-electron chi connectivity index (χ4n) is 3.73. The minimum Gasteiger partial charge on any atom is -0.367 e. The quantitative estimate of drug-likeness (QED) is 0.669. The normalized spacial score (nSPS) is 14.8. The Bertz CT molecular complexity index is 1180. The number of piperazine rings is 1. The third-order valence-electron chi connectivity index (χ3n) is 5.47. The number of H-pyrrole nitrogens is 1. The number of aromatic amines is 1. The Morgan fingerprint density at radius 2 is 1.63 bits per heavy atom. The Labute approximate surface area is 173 Å². The van der Waals surface area contributed by atoms with Crippen LogP contribution in [0.4, 0.5) is 11.4 Å². The number of para-hydroxylation sites is 2. The molecule has 0 atom stereocenters. The van der Waals surface area contributed by atoms with E-state index in [9.17, 15) is 14.4 Å². The highest BCUT2D eigenvalue weighted by Gasteiger charge is 2.18. The standard InChI is InChI=1S/C22H25N5O3/c1-25-12-14-26(15-13-25)19-9-5-4-8-18(19)23-20(28)10-11-27-22(30)17-7-3-2-6-16(17)21(29)24-27/h2-9H,10-15H2,1H3,(H,23,28)(H,24,29). The summed E-state index contributed by atoms with van der Waals surface area (Å²) in [6, 6.07) is 14.4. The van der Waals surface area contributed by atoms with Gasteiger partial charge in [0.15, 0.2) is 0 Å².